The molecule has 2 aromatic carbocycles. The van der Waals surface area contributed by atoms with Crippen molar-refractivity contribution in [3.63, 3.8) is 0 Å². The van der Waals surface area contributed by atoms with Gasteiger partial charge in [0.15, 0.2) is 0 Å². The zero-order chi connectivity index (χ0) is 21.5. The number of thiophene rings is 2. The van der Waals surface area contributed by atoms with E-state index in [-0.39, 0.29) is 5.57 Å². The number of nitrogens with zero attached hydrogens (tertiary/aromatic N) is 3. The third-order valence-electron chi connectivity index (χ3n) is 4.45. The molecule has 0 aliphatic heterocycles. The monoisotopic (exact) mass is 435 g/mol. The van der Waals surface area contributed by atoms with Crippen LogP contribution in [0.15, 0.2) is 90.5 Å². The summed E-state index contributed by atoms with van der Waals surface area (Å²) in [6.07, 6.45) is 5.77. The molecule has 0 spiro atoms. The molecule has 0 unspecified atom stereocenters. The summed E-state index contributed by atoms with van der Waals surface area (Å²) in [6.45, 7) is 0. The highest BCUT2D eigenvalue weighted by molar-refractivity contribution is 7.17. The minimum atomic E-state index is 0.113. The number of nitriles is 2. The van der Waals surface area contributed by atoms with Gasteiger partial charge in [-0.2, -0.15) is 10.5 Å². The Morgan fingerprint density at radius 2 is 1.16 bits per heavy atom. The summed E-state index contributed by atoms with van der Waals surface area (Å²) in [4.78, 5) is 5.36. The van der Waals surface area contributed by atoms with Crippen molar-refractivity contribution in [3.05, 3.63) is 105 Å². The van der Waals surface area contributed by atoms with Gasteiger partial charge in [-0.25, -0.2) is 0 Å². The Labute approximate surface area is 189 Å². The molecule has 2 heterocycles. The number of para-hydroxylation sites is 2. The summed E-state index contributed by atoms with van der Waals surface area (Å²) >= 11 is 3.27. The summed E-state index contributed by atoms with van der Waals surface area (Å²) in [5, 5.41) is 18.9. The first kappa shape index (κ1) is 20.4. The van der Waals surface area contributed by atoms with Crippen molar-refractivity contribution in [1.82, 2.24) is 0 Å². The van der Waals surface area contributed by atoms with Gasteiger partial charge in [0.25, 0.3) is 0 Å². The molecule has 0 aliphatic carbocycles. The summed E-state index contributed by atoms with van der Waals surface area (Å²) in [5.41, 5.74) is 2.35. The number of anilines is 3. The van der Waals surface area contributed by atoms with E-state index in [1.54, 1.807) is 28.7 Å². The highest BCUT2D eigenvalue weighted by Gasteiger charge is 2.13. The molecule has 0 fully saturated rings. The van der Waals surface area contributed by atoms with Gasteiger partial charge in [0, 0.05) is 26.0 Å². The second-order valence-electron chi connectivity index (χ2n) is 6.54. The predicted molar refractivity (Wildman–Crippen MR) is 131 cm³/mol. The van der Waals surface area contributed by atoms with Gasteiger partial charge in [0.2, 0.25) is 0 Å². The van der Waals surface area contributed by atoms with E-state index in [4.69, 9.17) is 10.5 Å². The number of rotatable bonds is 6. The van der Waals surface area contributed by atoms with E-state index in [0.29, 0.717) is 0 Å². The molecule has 0 N–H and O–H groups in total. The first-order valence-corrected chi connectivity index (χ1v) is 11.2. The molecule has 31 heavy (non-hydrogen) atoms. The van der Waals surface area contributed by atoms with Crippen molar-refractivity contribution in [2.75, 3.05) is 4.90 Å². The van der Waals surface area contributed by atoms with Crippen LogP contribution in [0.25, 0.3) is 18.2 Å². The fourth-order valence-corrected chi connectivity index (χ4v) is 4.85. The van der Waals surface area contributed by atoms with E-state index in [0.717, 1.165) is 31.0 Å². The Bertz CT molecular complexity index is 1240. The first-order valence-electron chi connectivity index (χ1n) is 9.57. The van der Waals surface area contributed by atoms with Crippen LogP contribution >= 0.6 is 22.7 Å². The molecule has 0 bridgehead atoms. The SMILES string of the molecule is N#CC(C#N)=Cc1ccc(/C=C/c2ccc(N(c3ccccc3)c3ccccc3)s2)s1. The normalized spacial score (nSPS) is 10.4. The molecule has 148 valence electrons. The zero-order valence-electron chi connectivity index (χ0n) is 16.5. The Balaban J connectivity index is 1.59. The van der Waals surface area contributed by atoms with E-state index in [9.17, 15) is 0 Å². The molecule has 2 aromatic heterocycles. The van der Waals surface area contributed by atoms with Gasteiger partial charge >= 0.3 is 0 Å². The van der Waals surface area contributed by atoms with Gasteiger partial charge in [-0.1, -0.05) is 36.4 Å². The fraction of sp³-hybridized carbons (Fsp3) is 0. The predicted octanol–water partition coefficient (Wildman–Crippen LogP) is 7.88. The van der Waals surface area contributed by atoms with Crippen LogP contribution in [0.4, 0.5) is 16.4 Å². The molecule has 0 atom stereocenters. The molecular weight excluding hydrogens is 418 g/mol. The standard InChI is InChI=1S/C26H17N3S2/c27-18-20(19-28)17-25-14-13-23(30-25)11-12-24-15-16-26(31-24)29(21-7-3-1-4-8-21)22-9-5-2-6-10-22/h1-17H/b12-11+. The maximum Gasteiger partial charge on any atom is 0.131 e. The molecule has 5 heteroatoms. The maximum atomic E-state index is 8.91. The summed E-state index contributed by atoms with van der Waals surface area (Å²) in [5.74, 6) is 0. The summed E-state index contributed by atoms with van der Waals surface area (Å²) in [6, 6.07) is 32.6. The van der Waals surface area contributed by atoms with Gasteiger partial charge in [-0.3, -0.25) is 0 Å². The van der Waals surface area contributed by atoms with Crippen molar-refractivity contribution in [2.24, 2.45) is 0 Å². The Kier molecular flexibility index (Phi) is 6.40. The third-order valence-corrected chi connectivity index (χ3v) is 6.48. The van der Waals surface area contributed by atoms with Gasteiger partial charge in [0.1, 0.15) is 22.7 Å². The van der Waals surface area contributed by atoms with E-state index in [1.807, 2.05) is 60.7 Å². The van der Waals surface area contributed by atoms with Crippen LogP contribution in [0.1, 0.15) is 14.6 Å². The number of hydrogen-bond acceptors (Lipinski definition) is 5. The second kappa shape index (κ2) is 9.73. The van der Waals surface area contributed by atoms with Crippen LogP contribution in [-0.4, -0.2) is 0 Å². The van der Waals surface area contributed by atoms with E-state index in [1.165, 1.54) is 0 Å². The lowest BCUT2D eigenvalue weighted by Crippen LogP contribution is -2.07. The van der Waals surface area contributed by atoms with Crippen molar-refractivity contribution < 1.29 is 0 Å². The van der Waals surface area contributed by atoms with Crippen molar-refractivity contribution >= 4 is 57.3 Å². The van der Waals surface area contributed by atoms with Crippen molar-refractivity contribution in [2.45, 2.75) is 0 Å². The largest absolute Gasteiger partial charge is 0.302 e. The molecular formula is C26H17N3S2. The van der Waals surface area contributed by atoms with E-state index >= 15 is 0 Å². The zero-order valence-corrected chi connectivity index (χ0v) is 18.1. The fourth-order valence-electron chi connectivity index (χ4n) is 3.04. The van der Waals surface area contributed by atoms with E-state index < -0.39 is 0 Å². The topological polar surface area (TPSA) is 50.8 Å². The quantitative estimate of drug-likeness (QED) is 0.289. The average molecular weight is 436 g/mol. The van der Waals surface area contributed by atoms with Gasteiger partial charge in [-0.15, -0.1) is 22.7 Å². The molecule has 0 radical (unpaired) electrons. The molecule has 0 aliphatic rings. The molecule has 0 amide bonds. The van der Waals surface area contributed by atoms with Crippen LogP contribution in [0.2, 0.25) is 0 Å². The van der Waals surface area contributed by atoms with Crippen LogP contribution in [0.3, 0.4) is 0 Å². The maximum absolute atomic E-state index is 8.91. The number of allylic oxidation sites excluding steroid dienone is 1. The molecule has 0 saturated heterocycles. The van der Waals surface area contributed by atoms with Crippen molar-refractivity contribution in [3.8, 4) is 12.1 Å². The van der Waals surface area contributed by atoms with Crippen molar-refractivity contribution in [1.29, 1.82) is 10.5 Å². The second-order valence-corrected chi connectivity index (χ2v) is 8.78. The van der Waals surface area contributed by atoms with Crippen LogP contribution < -0.4 is 4.90 Å². The van der Waals surface area contributed by atoms with Crippen LogP contribution in [0.5, 0.6) is 0 Å². The lowest BCUT2D eigenvalue weighted by molar-refractivity contribution is 1.32. The summed E-state index contributed by atoms with van der Waals surface area (Å²) in [7, 11) is 0. The smallest absolute Gasteiger partial charge is 0.131 e. The van der Waals surface area contributed by atoms with Gasteiger partial charge < -0.3 is 4.90 Å². The lowest BCUT2D eigenvalue weighted by atomic mass is 10.2. The highest BCUT2D eigenvalue weighted by Crippen LogP contribution is 2.39. The summed E-state index contributed by atoms with van der Waals surface area (Å²) < 4.78 is 0. The minimum Gasteiger partial charge on any atom is -0.302 e. The van der Waals surface area contributed by atoms with Gasteiger partial charge in [0.05, 0.1) is 0 Å². The Morgan fingerprint density at radius 1 is 0.645 bits per heavy atom. The Morgan fingerprint density at radius 3 is 1.74 bits per heavy atom. The third kappa shape index (κ3) is 4.99. The molecule has 3 nitrogen and oxygen atoms in total. The lowest BCUT2D eigenvalue weighted by Gasteiger charge is -2.23. The van der Waals surface area contributed by atoms with Crippen LogP contribution in [0, 0.1) is 22.7 Å². The number of hydrogen-bond donors (Lipinski definition) is 0. The minimum absolute atomic E-state index is 0.113. The number of benzene rings is 2. The molecule has 0 saturated carbocycles. The van der Waals surface area contributed by atoms with Crippen LogP contribution in [-0.2, 0) is 0 Å². The molecule has 4 rings (SSSR count). The average Bonchev–Trinajstić information content (AvgIpc) is 3.47. The van der Waals surface area contributed by atoms with E-state index in [2.05, 4.69) is 53.5 Å². The highest BCUT2D eigenvalue weighted by atomic mass is 32.1. The van der Waals surface area contributed by atoms with Gasteiger partial charge in [-0.05, 0) is 66.8 Å². The molecule has 4 aromatic rings. The first-order chi connectivity index (χ1) is 15.3. The Hall–Kier alpha value is -3.90.